The zero-order chi connectivity index (χ0) is 9.14. The summed E-state index contributed by atoms with van der Waals surface area (Å²) in [5, 5.41) is 7.87. The molecule has 1 fully saturated rings. The van der Waals surface area contributed by atoms with Crippen LogP contribution in [-0.2, 0) is 19.3 Å². The second-order valence-electron chi connectivity index (χ2n) is 2.34. The fourth-order valence-electron chi connectivity index (χ4n) is 0.957. The van der Waals surface area contributed by atoms with Crippen molar-refractivity contribution in [3.63, 3.8) is 0 Å². The Hall–Kier alpha value is -1.43. The van der Waals surface area contributed by atoms with E-state index in [1.165, 1.54) is 0 Å². The van der Waals surface area contributed by atoms with E-state index >= 15 is 0 Å². The molecule has 6 heteroatoms. The molecule has 0 aromatic rings. The van der Waals surface area contributed by atoms with Gasteiger partial charge in [0, 0.05) is 12.8 Å². The van der Waals surface area contributed by atoms with Gasteiger partial charge in [-0.15, -0.1) is 0 Å². The number of hydrogen-bond acceptors (Lipinski definition) is 5. The number of rotatable bonds is 2. The molecule has 1 heterocycles. The average molecular weight is 173 g/mol. The van der Waals surface area contributed by atoms with Crippen molar-refractivity contribution in [2.45, 2.75) is 12.8 Å². The highest BCUT2D eigenvalue weighted by Crippen LogP contribution is 2.10. The lowest BCUT2D eigenvalue weighted by atomic mass is 10.4. The van der Waals surface area contributed by atoms with Gasteiger partial charge in [-0.2, -0.15) is 5.26 Å². The minimum atomic E-state index is -1.02. The molecule has 1 N–H and O–H groups in total. The lowest BCUT2D eigenvalue weighted by Gasteiger charge is -2.09. The van der Waals surface area contributed by atoms with Crippen LogP contribution in [0, 0.1) is 0 Å². The molecule has 0 spiro atoms. The smallest absolute Gasteiger partial charge is 0.299 e. The molecule has 0 aromatic heterocycles. The Morgan fingerprint density at radius 2 is 1.92 bits per heavy atom. The molecule has 0 unspecified atom stereocenters. The molecule has 0 atom stereocenters. The Balaban J connectivity index is 2.56. The molecule has 6 nitrogen and oxygen atoms in total. The molecule has 0 bridgehead atoms. The SMILES string of the molecule is O=C(CN1C(=O)CCC1=O)OO. The van der Waals surface area contributed by atoms with Crippen LogP contribution in [0.3, 0.4) is 0 Å². The molecule has 2 amide bonds. The van der Waals surface area contributed by atoms with E-state index in [1.54, 1.807) is 0 Å². The van der Waals surface area contributed by atoms with Crippen molar-refractivity contribution in [2.75, 3.05) is 6.54 Å². The second kappa shape index (κ2) is 3.31. The van der Waals surface area contributed by atoms with Crippen molar-refractivity contribution < 1.29 is 24.5 Å². The second-order valence-corrected chi connectivity index (χ2v) is 2.34. The molecule has 1 aliphatic rings. The van der Waals surface area contributed by atoms with Crippen molar-refractivity contribution in [3.8, 4) is 0 Å². The minimum Gasteiger partial charge on any atom is -0.299 e. The van der Waals surface area contributed by atoms with Crippen LogP contribution >= 0.6 is 0 Å². The Kier molecular flexibility index (Phi) is 2.39. The summed E-state index contributed by atoms with van der Waals surface area (Å²) in [7, 11) is 0. The van der Waals surface area contributed by atoms with E-state index < -0.39 is 24.3 Å². The van der Waals surface area contributed by atoms with Crippen molar-refractivity contribution >= 4 is 17.8 Å². The molecule has 12 heavy (non-hydrogen) atoms. The lowest BCUT2D eigenvalue weighted by Crippen LogP contribution is -2.34. The van der Waals surface area contributed by atoms with Crippen molar-refractivity contribution in [1.82, 2.24) is 4.90 Å². The van der Waals surface area contributed by atoms with E-state index in [1.807, 2.05) is 0 Å². The minimum absolute atomic E-state index is 0.123. The third-order valence-corrected chi connectivity index (χ3v) is 1.54. The normalized spacial score (nSPS) is 16.9. The Morgan fingerprint density at radius 3 is 2.33 bits per heavy atom. The third kappa shape index (κ3) is 1.59. The van der Waals surface area contributed by atoms with Crippen LogP contribution in [0.25, 0.3) is 0 Å². The molecule has 0 saturated carbocycles. The first kappa shape index (κ1) is 8.66. The average Bonchev–Trinajstić information content (AvgIpc) is 2.35. The summed E-state index contributed by atoms with van der Waals surface area (Å²) in [6.07, 6.45) is 0.245. The summed E-state index contributed by atoms with van der Waals surface area (Å²) >= 11 is 0. The number of carbonyl (C=O) groups excluding carboxylic acids is 3. The van der Waals surface area contributed by atoms with Crippen LogP contribution in [0.1, 0.15) is 12.8 Å². The van der Waals surface area contributed by atoms with E-state index in [2.05, 4.69) is 4.89 Å². The van der Waals surface area contributed by atoms with Gasteiger partial charge in [0.25, 0.3) is 0 Å². The quantitative estimate of drug-likeness (QED) is 0.334. The Bertz CT molecular complexity index is 220. The van der Waals surface area contributed by atoms with Crippen LogP contribution in [0.4, 0.5) is 0 Å². The fraction of sp³-hybridized carbons (Fsp3) is 0.500. The van der Waals surface area contributed by atoms with E-state index in [9.17, 15) is 14.4 Å². The summed E-state index contributed by atoms with van der Waals surface area (Å²) in [6.45, 7) is -0.506. The van der Waals surface area contributed by atoms with Gasteiger partial charge in [0.1, 0.15) is 6.54 Å². The molecule has 1 saturated heterocycles. The summed E-state index contributed by atoms with van der Waals surface area (Å²) < 4.78 is 0. The number of amides is 2. The highest BCUT2D eigenvalue weighted by molar-refractivity contribution is 6.03. The van der Waals surface area contributed by atoms with Crippen LogP contribution in [-0.4, -0.2) is 34.5 Å². The first-order chi connectivity index (χ1) is 5.65. The Morgan fingerprint density at radius 1 is 1.42 bits per heavy atom. The molecule has 0 aromatic carbocycles. The van der Waals surface area contributed by atoms with Gasteiger partial charge >= 0.3 is 5.97 Å². The van der Waals surface area contributed by atoms with Crippen molar-refractivity contribution in [3.05, 3.63) is 0 Å². The summed E-state index contributed by atoms with van der Waals surface area (Å²) in [5.41, 5.74) is 0. The summed E-state index contributed by atoms with van der Waals surface area (Å²) in [4.78, 5) is 36.2. The van der Waals surface area contributed by atoms with Crippen molar-refractivity contribution in [2.24, 2.45) is 0 Å². The molecular formula is C6H7NO5. The van der Waals surface area contributed by atoms with Gasteiger partial charge in [0.2, 0.25) is 11.8 Å². The zero-order valence-corrected chi connectivity index (χ0v) is 6.15. The number of hydrogen-bond donors (Lipinski definition) is 1. The third-order valence-electron chi connectivity index (χ3n) is 1.54. The molecular weight excluding hydrogens is 166 g/mol. The summed E-state index contributed by atoms with van der Waals surface area (Å²) in [5.74, 6) is -1.84. The van der Waals surface area contributed by atoms with E-state index in [0.717, 1.165) is 4.90 Å². The highest BCUT2D eigenvalue weighted by Gasteiger charge is 2.30. The predicted molar refractivity (Wildman–Crippen MR) is 34.7 cm³/mol. The monoisotopic (exact) mass is 173 g/mol. The summed E-state index contributed by atoms with van der Waals surface area (Å²) in [6, 6.07) is 0. The van der Waals surface area contributed by atoms with Crippen LogP contribution in [0.15, 0.2) is 0 Å². The largest absolute Gasteiger partial charge is 0.361 e. The van der Waals surface area contributed by atoms with Gasteiger partial charge in [0.15, 0.2) is 0 Å². The number of imide groups is 1. The van der Waals surface area contributed by atoms with Gasteiger partial charge in [-0.3, -0.25) is 19.4 Å². The van der Waals surface area contributed by atoms with Crippen LogP contribution < -0.4 is 0 Å². The van der Waals surface area contributed by atoms with Gasteiger partial charge in [-0.25, -0.2) is 4.79 Å². The first-order valence-corrected chi connectivity index (χ1v) is 3.32. The topological polar surface area (TPSA) is 83.9 Å². The molecule has 1 rings (SSSR count). The van der Waals surface area contributed by atoms with Crippen LogP contribution in [0.5, 0.6) is 0 Å². The van der Waals surface area contributed by atoms with Gasteiger partial charge in [-0.05, 0) is 0 Å². The Labute approximate surface area is 67.6 Å². The van der Waals surface area contributed by atoms with E-state index in [-0.39, 0.29) is 12.8 Å². The maximum Gasteiger partial charge on any atom is 0.361 e. The molecule has 0 aliphatic carbocycles. The number of carbonyl (C=O) groups is 3. The highest BCUT2D eigenvalue weighted by atomic mass is 17.1. The fourth-order valence-corrected chi connectivity index (χ4v) is 0.957. The number of nitrogens with zero attached hydrogens (tertiary/aromatic N) is 1. The van der Waals surface area contributed by atoms with Crippen LogP contribution in [0.2, 0.25) is 0 Å². The van der Waals surface area contributed by atoms with E-state index in [4.69, 9.17) is 5.26 Å². The predicted octanol–water partition coefficient (Wildman–Crippen LogP) is -0.848. The van der Waals surface area contributed by atoms with Crippen molar-refractivity contribution in [1.29, 1.82) is 0 Å². The lowest BCUT2D eigenvalue weighted by molar-refractivity contribution is -0.234. The van der Waals surface area contributed by atoms with Gasteiger partial charge in [0.05, 0.1) is 0 Å². The van der Waals surface area contributed by atoms with Gasteiger partial charge in [-0.1, -0.05) is 0 Å². The molecule has 66 valence electrons. The number of likely N-dealkylation sites (tertiary alicyclic amines) is 1. The molecule has 0 radical (unpaired) electrons. The van der Waals surface area contributed by atoms with E-state index in [0.29, 0.717) is 0 Å². The maximum absolute atomic E-state index is 10.9. The molecule has 1 aliphatic heterocycles. The first-order valence-electron chi connectivity index (χ1n) is 3.32. The standard InChI is InChI=1S/C6H7NO5/c8-4-1-2-5(9)7(4)3-6(10)12-11/h11H,1-3H2. The zero-order valence-electron chi connectivity index (χ0n) is 6.15. The van der Waals surface area contributed by atoms with Gasteiger partial charge < -0.3 is 0 Å². The maximum atomic E-state index is 10.9.